The molecule has 1 aliphatic rings. The van der Waals surface area contributed by atoms with E-state index in [2.05, 4.69) is 21.9 Å². The zero-order valence-electron chi connectivity index (χ0n) is 13.6. The smallest absolute Gasteiger partial charge is 0.276 e. The van der Waals surface area contributed by atoms with Gasteiger partial charge in [0.2, 0.25) is 0 Å². The SMILES string of the molecule is C#CCOc1c(Br)cc(/C=C2\C(=O)N(CC)C(=S)N2C)cc1OC. The van der Waals surface area contributed by atoms with Crippen LogP contribution >= 0.6 is 28.1 Å². The molecule has 0 saturated carbocycles. The van der Waals surface area contributed by atoms with Gasteiger partial charge in [-0.15, -0.1) is 6.42 Å². The summed E-state index contributed by atoms with van der Waals surface area (Å²) in [6.07, 6.45) is 6.99. The molecule has 0 radical (unpaired) electrons. The monoisotopic (exact) mass is 408 g/mol. The van der Waals surface area contributed by atoms with E-state index in [0.29, 0.717) is 33.3 Å². The summed E-state index contributed by atoms with van der Waals surface area (Å²) in [7, 11) is 3.32. The van der Waals surface area contributed by atoms with E-state index in [4.69, 9.17) is 28.1 Å². The van der Waals surface area contributed by atoms with Gasteiger partial charge in [-0.05, 0) is 58.8 Å². The number of methoxy groups -OCH3 is 1. The van der Waals surface area contributed by atoms with Gasteiger partial charge in [0.05, 0.1) is 11.6 Å². The minimum Gasteiger partial charge on any atom is -0.493 e. The number of amides is 1. The van der Waals surface area contributed by atoms with Crippen molar-refractivity contribution in [2.24, 2.45) is 0 Å². The molecule has 0 aliphatic carbocycles. The normalized spacial score (nSPS) is 15.9. The molecular formula is C17H17BrN2O3S. The third-order valence-electron chi connectivity index (χ3n) is 3.51. The fraction of sp³-hybridized carbons (Fsp3) is 0.294. The summed E-state index contributed by atoms with van der Waals surface area (Å²) < 4.78 is 11.5. The van der Waals surface area contributed by atoms with Gasteiger partial charge in [-0.3, -0.25) is 9.69 Å². The van der Waals surface area contributed by atoms with Gasteiger partial charge in [-0.2, -0.15) is 0 Å². The molecule has 1 aliphatic heterocycles. The number of halogens is 1. The van der Waals surface area contributed by atoms with E-state index in [1.165, 1.54) is 0 Å². The number of ether oxygens (including phenoxy) is 2. The lowest BCUT2D eigenvalue weighted by Gasteiger charge is -2.14. The van der Waals surface area contributed by atoms with Crippen molar-refractivity contribution in [3.63, 3.8) is 0 Å². The minimum atomic E-state index is -0.118. The number of hydrogen-bond acceptors (Lipinski definition) is 4. The number of carbonyl (C=O) groups is 1. The van der Waals surface area contributed by atoms with Crippen LogP contribution in [0.15, 0.2) is 22.3 Å². The highest BCUT2D eigenvalue weighted by molar-refractivity contribution is 9.10. The van der Waals surface area contributed by atoms with Gasteiger partial charge in [-0.25, -0.2) is 0 Å². The number of hydrogen-bond donors (Lipinski definition) is 0. The first kappa shape index (κ1) is 18.3. The average Bonchev–Trinajstić information content (AvgIpc) is 2.76. The number of rotatable bonds is 5. The molecule has 0 unspecified atom stereocenters. The van der Waals surface area contributed by atoms with Crippen LogP contribution in [-0.4, -0.2) is 48.1 Å². The molecule has 0 atom stereocenters. The third-order valence-corrected chi connectivity index (χ3v) is 4.60. The van der Waals surface area contributed by atoms with Gasteiger partial charge >= 0.3 is 0 Å². The number of thiocarbonyl (C=S) groups is 1. The zero-order valence-corrected chi connectivity index (χ0v) is 16.0. The molecule has 0 spiro atoms. The fourth-order valence-corrected chi connectivity index (χ4v) is 3.21. The van der Waals surface area contributed by atoms with Crippen LogP contribution in [0.25, 0.3) is 6.08 Å². The Morgan fingerprint density at radius 1 is 1.46 bits per heavy atom. The molecule has 126 valence electrons. The predicted molar refractivity (Wildman–Crippen MR) is 101 cm³/mol. The lowest BCUT2D eigenvalue weighted by molar-refractivity contribution is -0.122. The quantitative estimate of drug-likeness (QED) is 0.425. The van der Waals surface area contributed by atoms with E-state index < -0.39 is 0 Å². The molecule has 1 aromatic carbocycles. The highest BCUT2D eigenvalue weighted by atomic mass is 79.9. The van der Waals surface area contributed by atoms with Crippen molar-refractivity contribution in [2.75, 3.05) is 27.3 Å². The summed E-state index contributed by atoms with van der Waals surface area (Å²) in [4.78, 5) is 15.7. The number of benzene rings is 1. The van der Waals surface area contributed by atoms with Crippen molar-refractivity contribution in [1.29, 1.82) is 0 Å². The summed E-state index contributed by atoms with van der Waals surface area (Å²) in [5.74, 6) is 3.34. The van der Waals surface area contributed by atoms with Crippen molar-refractivity contribution < 1.29 is 14.3 Å². The van der Waals surface area contributed by atoms with Crippen LogP contribution in [0.4, 0.5) is 0 Å². The standard InChI is InChI=1S/C17H17BrN2O3S/c1-5-7-23-15-12(18)8-11(10-14(15)22-4)9-13-16(21)20(6-2)17(24)19(13)3/h1,8-10H,6-7H2,2-4H3/b13-9+. The Morgan fingerprint density at radius 3 is 2.71 bits per heavy atom. The second kappa shape index (κ2) is 7.69. The molecule has 0 aromatic heterocycles. The Balaban J connectivity index is 2.43. The molecule has 1 amide bonds. The van der Waals surface area contributed by atoms with Gasteiger partial charge in [0.1, 0.15) is 12.3 Å². The highest BCUT2D eigenvalue weighted by Crippen LogP contribution is 2.37. The van der Waals surface area contributed by atoms with Crippen LogP contribution in [-0.2, 0) is 4.79 Å². The topological polar surface area (TPSA) is 42.0 Å². The van der Waals surface area contributed by atoms with Crippen LogP contribution < -0.4 is 9.47 Å². The van der Waals surface area contributed by atoms with Crippen LogP contribution in [0.5, 0.6) is 11.5 Å². The minimum absolute atomic E-state index is 0.118. The van der Waals surface area contributed by atoms with Gasteiger partial charge in [0, 0.05) is 13.6 Å². The van der Waals surface area contributed by atoms with Gasteiger partial charge in [0.15, 0.2) is 16.6 Å². The third kappa shape index (κ3) is 3.40. The molecule has 1 aromatic rings. The van der Waals surface area contributed by atoms with Crippen molar-refractivity contribution in [3.05, 3.63) is 27.9 Å². The predicted octanol–water partition coefficient (Wildman–Crippen LogP) is 2.89. The van der Waals surface area contributed by atoms with Gasteiger partial charge < -0.3 is 14.4 Å². The maximum atomic E-state index is 12.4. The Kier molecular flexibility index (Phi) is 5.86. The Hall–Kier alpha value is -2.04. The van der Waals surface area contributed by atoms with Crippen molar-refractivity contribution in [2.45, 2.75) is 6.92 Å². The van der Waals surface area contributed by atoms with Gasteiger partial charge in [0.25, 0.3) is 5.91 Å². The Morgan fingerprint density at radius 2 is 2.17 bits per heavy atom. The average molecular weight is 409 g/mol. The maximum Gasteiger partial charge on any atom is 0.276 e. The second-order valence-corrected chi connectivity index (χ2v) is 6.17. The summed E-state index contributed by atoms with van der Waals surface area (Å²) >= 11 is 8.74. The Bertz CT molecular complexity index is 755. The number of terminal acetylenes is 1. The summed E-state index contributed by atoms with van der Waals surface area (Å²) in [6, 6.07) is 3.61. The summed E-state index contributed by atoms with van der Waals surface area (Å²) in [5.41, 5.74) is 1.29. The van der Waals surface area contributed by atoms with Crippen molar-refractivity contribution >= 4 is 45.2 Å². The van der Waals surface area contributed by atoms with E-state index in [1.54, 1.807) is 36.1 Å². The molecule has 5 nitrogen and oxygen atoms in total. The highest BCUT2D eigenvalue weighted by Gasteiger charge is 2.34. The first-order valence-corrected chi connectivity index (χ1v) is 8.39. The van der Waals surface area contributed by atoms with Crippen LogP contribution in [0.3, 0.4) is 0 Å². The maximum absolute atomic E-state index is 12.4. The summed E-state index contributed by atoms with van der Waals surface area (Å²) in [6.45, 7) is 2.56. The first-order valence-electron chi connectivity index (χ1n) is 7.19. The van der Waals surface area contributed by atoms with E-state index in [-0.39, 0.29) is 12.5 Å². The summed E-state index contributed by atoms with van der Waals surface area (Å²) in [5, 5.41) is 0.494. The number of carbonyl (C=O) groups excluding carboxylic acids is 1. The van der Waals surface area contributed by atoms with E-state index in [0.717, 1.165) is 5.56 Å². The largest absolute Gasteiger partial charge is 0.493 e. The van der Waals surface area contributed by atoms with Gasteiger partial charge in [-0.1, -0.05) is 5.92 Å². The molecule has 2 rings (SSSR count). The second-order valence-electron chi connectivity index (χ2n) is 4.95. The molecule has 1 heterocycles. The molecule has 0 N–H and O–H groups in total. The van der Waals surface area contributed by atoms with Crippen LogP contribution in [0, 0.1) is 12.3 Å². The molecule has 24 heavy (non-hydrogen) atoms. The lowest BCUT2D eigenvalue weighted by atomic mass is 10.1. The van der Waals surface area contributed by atoms with Crippen molar-refractivity contribution in [1.82, 2.24) is 9.80 Å². The molecular weight excluding hydrogens is 392 g/mol. The molecule has 7 heteroatoms. The first-order chi connectivity index (χ1) is 11.4. The van der Waals surface area contributed by atoms with E-state index >= 15 is 0 Å². The molecule has 1 fully saturated rings. The van der Waals surface area contributed by atoms with Crippen LogP contribution in [0.1, 0.15) is 12.5 Å². The van der Waals surface area contributed by atoms with E-state index in [1.807, 2.05) is 13.0 Å². The van der Waals surface area contributed by atoms with Crippen LogP contribution in [0.2, 0.25) is 0 Å². The fourth-order valence-electron chi connectivity index (χ4n) is 2.33. The van der Waals surface area contributed by atoms with Crippen molar-refractivity contribution in [3.8, 4) is 23.8 Å². The zero-order chi connectivity index (χ0) is 17.9. The number of likely N-dealkylation sites (N-methyl/N-ethyl adjacent to an activating group) is 2. The lowest BCUT2D eigenvalue weighted by Crippen LogP contribution is -2.30. The molecule has 0 bridgehead atoms. The Labute approximate surface area is 155 Å². The molecule has 1 saturated heterocycles. The number of nitrogens with zero attached hydrogens (tertiary/aromatic N) is 2. The van der Waals surface area contributed by atoms with E-state index in [9.17, 15) is 4.79 Å².